The van der Waals surface area contributed by atoms with Gasteiger partial charge in [-0.2, -0.15) is 5.10 Å². The average molecular weight is 577 g/mol. The molecule has 0 N–H and O–H groups in total. The number of rotatable bonds is 7. The summed E-state index contributed by atoms with van der Waals surface area (Å²) in [5.74, 6) is 0.358. The van der Waals surface area contributed by atoms with Crippen LogP contribution in [0.4, 0.5) is 18.9 Å². The molecule has 0 bridgehead atoms. The van der Waals surface area contributed by atoms with E-state index in [1.807, 2.05) is 68.5 Å². The highest BCUT2D eigenvalue weighted by atomic mass is 32.2. The lowest BCUT2D eigenvalue weighted by molar-refractivity contribution is -0.274. The van der Waals surface area contributed by atoms with Crippen molar-refractivity contribution in [2.75, 3.05) is 10.7 Å². The molecular weight excluding hydrogens is 553 g/mol. The van der Waals surface area contributed by atoms with Crippen LogP contribution in [0.2, 0.25) is 0 Å². The number of para-hydroxylation sites is 1. The van der Waals surface area contributed by atoms with Gasteiger partial charge in [-0.05, 0) is 55.3 Å². The Morgan fingerprint density at radius 2 is 1.76 bits per heavy atom. The molecule has 1 aromatic heterocycles. The van der Waals surface area contributed by atoms with Crippen LogP contribution in [0.25, 0.3) is 23.2 Å². The minimum absolute atomic E-state index is 0.0552. The van der Waals surface area contributed by atoms with E-state index >= 15 is 0 Å². The van der Waals surface area contributed by atoms with E-state index in [0.717, 1.165) is 28.0 Å². The van der Waals surface area contributed by atoms with E-state index in [9.17, 15) is 18.0 Å². The lowest BCUT2D eigenvalue weighted by atomic mass is 10.1. The van der Waals surface area contributed by atoms with Gasteiger partial charge in [0.1, 0.15) is 12.1 Å². The van der Waals surface area contributed by atoms with Gasteiger partial charge in [0, 0.05) is 5.56 Å². The van der Waals surface area contributed by atoms with Crippen LogP contribution in [-0.2, 0) is 4.79 Å². The number of carbonyl (C=O) groups is 1. The van der Waals surface area contributed by atoms with Crippen LogP contribution in [0.5, 0.6) is 5.75 Å². The third-order valence-electron chi connectivity index (χ3n) is 5.73. The molecule has 12 heteroatoms. The normalized spacial score (nSPS) is 14.7. The Labute approximate surface area is 237 Å². The van der Waals surface area contributed by atoms with Crippen molar-refractivity contribution in [2.24, 2.45) is 10.2 Å². The molecule has 0 atom stereocenters. The maximum atomic E-state index is 12.7. The smallest absolute Gasteiger partial charge is 0.406 e. The molecule has 8 nitrogen and oxygen atoms in total. The quantitative estimate of drug-likeness (QED) is 0.180. The minimum Gasteiger partial charge on any atom is -0.406 e. The van der Waals surface area contributed by atoms with E-state index in [1.54, 1.807) is 11.1 Å². The highest BCUT2D eigenvalue weighted by molar-refractivity contribution is 8.15. The molecular formula is C29H23F3N6O2S. The molecule has 0 spiro atoms. The van der Waals surface area contributed by atoms with Crippen molar-refractivity contribution in [3.63, 3.8) is 0 Å². The fraction of sp³-hybridized carbons (Fsp3) is 0.138. The lowest BCUT2D eigenvalue weighted by Gasteiger charge is -2.18. The summed E-state index contributed by atoms with van der Waals surface area (Å²) in [6.07, 6.45) is 0.340. The molecule has 0 radical (unpaired) electrons. The first-order valence-corrected chi connectivity index (χ1v) is 13.3. The summed E-state index contributed by atoms with van der Waals surface area (Å²) >= 11 is 1.34. The number of benzene rings is 3. The summed E-state index contributed by atoms with van der Waals surface area (Å²) < 4.78 is 42.5. The number of alkyl halides is 3. The van der Waals surface area contributed by atoms with Gasteiger partial charge in [-0.1, -0.05) is 65.9 Å². The number of hydrogen-bond acceptors (Lipinski definition) is 7. The predicted molar refractivity (Wildman–Crippen MR) is 154 cm³/mol. The van der Waals surface area contributed by atoms with E-state index in [4.69, 9.17) is 0 Å². The molecule has 1 saturated heterocycles. The van der Waals surface area contributed by atoms with Gasteiger partial charge in [-0.25, -0.2) is 9.67 Å². The fourth-order valence-electron chi connectivity index (χ4n) is 3.98. The van der Waals surface area contributed by atoms with Crippen molar-refractivity contribution in [1.82, 2.24) is 14.8 Å². The van der Waals surface area contributed by atoms with Gasteiger partial charge >= 0.3 is 6.36 Å². The molecule has 41 heavy (non-hydrogen) atoms. The van der Waals surface area contributed by atoms with Gasteiger partial charge in [0.05, 0.1) is 23.3 Å². The Kier molecular flexibility index (Phi) is 8.02. The average Bonchev–Trinajstić information content (AvgIpc) is 3.56. The maximum Gasteiger partial charge on any atom is 0.573 e. The molecule has 0 saturated carbocycles. The van der Waals surface area contributed by atoms with Gasteiger partial charge in [-0.15, -0.1) is 23.4 Å². The predicted octanol–water partition coefficient (Wildman–Crippen LogP) is 6.73. The molecule has 0 aliphatic carbocycles. The molecule has 1 amide bonds. The summed E-state index contributed by atoms with van der Waals surface area (Å²) in [6, 6.07) is 20.3. The van der Waals surface area contributed by atoms with Crippen LogP contribution < -0.4 is 9.64 Å². The second kappa shape index (κ2) is 11.8. The Morgan fingerprint density at radius 1 is 1.02 bits per heavy atom. The number of thioether (sulfide) groups is 1. The van der Waals surface area contributed by atoms with Crippen molar-refractivity contribution in [2.45, 2.75) is 20.2 Å². The van der Waals surface area contributed by atoms with Gasteiger partial charge in [0.2, 0.25) is 5.91 Å². The first-order chi connectivity index (χ1) is 19.7. The number of carbonyl (C=O) groups excluding carboxylic acids is 1. The van der Waals surface area contributed by atoms with E-state index in [0.29, 0.717) is 16.7 Å². The molecule has 2 heterocycles. The molecule has 1 aliphatic rings. The topological polar surface area (TPSA) is 85.0 Å². The first kappa shape index (κ1) is 27.8. The standard InChI is InChI=1S/C29H23F3N6O2S/c1-19(2)15-22-5-3-4-6-25(22)38-26(39)17-41-28(38)35-34-16-20-7-9-21(10-8-20)27-33-18-37(36-27)23-11-13-24(14-12-23)40-29(30,31)32/h3-16,18H,17H2,1-2H3. The Bertz CT molecular complexity index is 1640. The number of anilines is 1. The zero-order valence-corrected chi connectivity index (χ0v) is 22.7. The largest absolute Gasteiger partial charge is 0.573 e. The van der Waals surface area contributed by atoms with Crippen LogP contribution in [0, 0.1) is 0 Å². The lowest BCUT2D eigenvalue weighted by Crippen LogP contribution is -2.29. The van der Waals surface area contributed by atoms with E-state index < -0.39 is 6.36 Å². The van der Waals surface area contributed by atoms with E-state index in [1.165, 1.54) is 47.0 Å². The second-order valence-electron chi connectivity index (χ2n) is 9.10. The molecule has 4 aromatic rings. The monoisotopic (exact) mass is 576 g/mol. The third kappa shape index (κ3) is 6.90. The summed E-state index contributed by atoms with van der Waals surface area (Å²) in [7, 11) is 0. The number of halogens is 3. The van der Waals surface area contributed by atoms with Crippen LogP contribution in [-0.4, -0.2) is 44.2 Å². The van der Waals surface area contributed by atoms with Gasteiger partial charge in [0.15, 0.2) is 11.0 Å². The van der Waals surface area contributed by atoms with Crippen LogP contribution in [0.15, 0.2) is 94.9 Å². The molecule has 3 aromatic carbocycles. The number of hydrogen-bond donors (Lipinski definition) is 0. The molecule has 1 fully saturated rings. The SMILES string of the molecule is CC(C)=Cc1ccccc1N1C(=O)CSC1=NN=Cc1ccc(-c2ncn(-c3ccc(OC(F)(F)F)cc3)n2)cc1. The van der Waals surface area contributed by atoms with Crippen molar-refractivity contribution in [1.29, 1.82) is 0 Å². The summed E-state index contributed by atoms with van der Waals surface area (Å²) in [5.41, 5.74) is 4.86. The Hall–Kier alpha value is -4.71. The molecule has 1 aliphatic heterocycles. The molecule has 5 rings (SSSR count). The van der Waals surface area contributed by atoms with Crippen molar-refractivity contribution < 1.29 is 22.7 Å². The number of allylic oxidation sites excluding steroid dienone is 1. The Morgan fingerprint density at radius 3 is 2.46 bits per heavy atom. The number of amidine groups is 1. The first-order valence-electron chi connectivity index (χ1n) is 12.4. The van der Waals surface area contributed by atoms with Crippen molar-refractivity contribution in [3.05, 3.63) is 95.8 Å². The summed E-state index contributed by atoms with van der Waals surface area (Å²) in [5, 5.41) is 13.5. The van der Waals surface area contributed by atoms with Crippen LogP contribution in [0.1, 0.15) is 25.0 Å². The summed E-state index contributed by atoms with van der Waals surface area (Å²) in [4.78, 5) is 18.6. The number of ether oxygens (including phenoxy) is 1. The molecule has 0 unspecified atom stereocenters. The number of nitrogens with zero attached hydrogens (tertiary/aromatic N) is 6. The zero-order chi connectivity index (χ0) is 29.0. The van der Waals surface area contributed by atoms with Gasteiger partial charge in [-0.3, -0.25) is 9.69 Å². The van der Waals surface area contributed by atoms with Gasteiger partial charge in [0.25, 0.3) is 0 Å². The Balaban J connectivity index is 1.28. The highest BCUT2D eigenvalue weighted by Crippen LogP contribution is 2.31. The summed E-state index contributed by atoms with van der Waals surface area (Å²) in [6.45, 7) is 4.00. The van der Waals surface area contributed by atoms with E-state index in [2.05, 4.69) is 25.0 Å². The van der Waals surface area contributed by atoms with E-state index in [-0.39, 0.29) is 17.4 Å². The van der Waals surface area contributed by atoms with Crippen LogP contribution in [0.3, 0.4) is 0 Å². The van der Waals surface area contributed by atoms with Crippen molar-refractivity contribution >= 4 is 40.8 Å². The van der Waals surface area contributed by atoms with Crippen molar-refractivity contribution in [3.8, 4) is 22.8 Å². The zero-order valence-electron chi connectivity index (χ0n) is 21.9. The second-order valence-corrected chi connectivity index (χ2v) is 10.0. The highest BCUT2D eigenvalue weighted by Gasteiger charge is 2.31. The minimum atomic E-state index is -4.75. The maximum absolute atomic E-state index is 12.7. The third-order valence-corrected chi connectivity index (χ3v) is 6.65. The van der Waals surface area contributed by atoms with Crippen LogP contribution >= 0.6 is 11.8 Å². The fourth-order valence-corrected chi connectivity index (χ4v) is 4.80. The molecule has 208 valence electrons. The van der Waals surface area contributed by atoms with Gasteiger partial charge < -0.3 is 4.74 Å². The number of aromatic nitrogens is 3. The number of amides is 1.